The Balaban J connectivity index is 1.49. The number of hydrogen-bond donors (Lipinski definition) is 0. The van der Waals surface area contributed by atoms with Crippen LogP contribution in [0.2, 0.25) is 0 Å². The Morgan fingerprint density at radius 3 is 0.550 bits per heavy atom. The first-order valence-electron chi connectivity index (χ1n) is 46.6. The normalized spacial score (nSPS) is 11.6. The minimum Gasteiger partial charge on any atom is -0.490 e. The monoisotopic (exact) mass is 1540 g/mol. The zero-order chi connectivity index (χ0) is 77.7. The first-order chi connectivity index (χ1) is 53.8. The predicted molar refractivity (Wildman–Crippen MR) is 464 cm³/mol. The molecule has 0 saturated heterocycles. The molecule has 0 amide bonds. The smallest absolute Gasteiger partial charge is 0.206 e. The van der Waals surface area contributed by atoms with Crippen molar-refractivity contribution < 1.29 is 46.3 Å². The quantitative estimate of drug-likeness (QED) is 0.0397. The SMILES string of the molecule is CCCCCCCCCCCCOc1cc(COc2ccc(S(=O)(=O)c3ccc(OCc4cc(OCCCCCCCCCCCC)c(OCCCCCCCCCCCC)c(OCCCCCCCCCCCC)c4)cc3)cc2)cc(OCCCCCCCCCCCC)c1OCCCCCCCCCCCC. The zero-order valence-electron chi connectivity index (χ0n) is 71.5. The van der Waals surface area contributed by atoms with Crippen LogP contribution in [0.1, 0.15) is 438 Å². The van der Waals surface area contributed by atoms with E-state index in [9.17, 15) is 8.42 Å². The van der Waals surface area contributed by atoms with E-state index in [1.807, 2.05) is 0 Å². The fraction of sp³-hybridized carbons (Fsp3) is 0.755. The van der Waals surface area contributed by atoms with Gasteiger partial charge in [-0.3, -0.25) is 0 Å². The van der Waals surface area contributed by atoms with Gasteiger partial charge in [0.05, 0.1) is 49.4 Å². The maximum absolute atomic E-state index is 14.3. The van der Waals surface area contributed by atoms with Crippen LogP contribution < -0.4 is 37.9 Å². The van der Waals surface area contributed by atoms with Crippen LogP contribution in [0.25, 0.3) is 0 Å². The van der Waals surface area contributed by atoms with E-state index in [4.69, 9.17) is 37.9 Å². The van der Waals surface area contributed by atoms with E-state index in [1.54, 1.807) is 48.5 Å². The molecule has 624 valence electrons. The maximum atomic E-state index is 14.3. The number of ether oxygens (including phenoxy) is 8. The van der Waals surface area contributed by atoms with Crippen LogP contribution >= 0.6 is 0 Å². The van der Waals surface area contributed by atoms with Crippen molar-refractivity contribution in [3.63, 3.8) is 0 Å². The third-order valence-corrected chi connectivity index (χ3v) is 23.5. The molecule has 0 N–H and O–H groups in total. The summed E-state index contributed by atoms with van der Waals surface area (Å²) in [5.74, 6) is 5.35. The Hall–Kier alpha value is -4.77. The van der Waals surface area contributed by atoms with Gasteiger partial charge >= 0.3 is 0 Å². The van der Waals surface area contributed by atoms with E-state index < -0.39 is 9.84 Å². The molecular formula is C98H166O10S. The van der Waals surface area contributed by atoms with E-state index in [2.05, 4.69) is 65.8 Å². The second kappa shape index (κ2) is 68.8. The van der Waals surface area contributed by atoms with E-state index in [-0.39, 0.29) is 23.0 Å². The summed E-state index contributed by atoms with van der Waals surface area (Å²) in [7, 11) is -3.87. The van der Waals surface area contributed by atoms with Crippen molar-refractivity contribution in [2.45, 2.75) is 450 Å². The van der Waals surface area contributed by atoms with Crippen LogP contribution in [-0.4, -0.2) is 48.1 Å². The summed E-state index contributed by atoms with van der Waals surface area (Å²) < 4.78 is 81.8. The fourth-order valence-electron chi connectivity index (χ4n) is 14.7. The molecular weight excluding hydrogens is 1370 g/mol. The number of benzene rings is 4. The Bertz CT molecular complexity index is 2520. The molecule has 0 atom stereocenters. The maximum Gasteiger partial charge on any atom is 0.206 e. The minimum absolute atomic E-state index is 0.189. The standard InChI is InChI=1S/C98H166O10S/c1-7-13-19-25-31-37-43-49-55-61-75-101-93-81-87(82-94(102-76-62-56-50-44-38-32-26-20-14-8-2)97(93)105-79-65-59-53-47-41-35-29-23-17-11-5)85-107-89-67-71-91(72-68-89)109(99,100)92-73-69-90(70-74-92)108-86-88-83-95(103-77-63-57-51-45-39-33-27-21-15-9-3)98(106-80-66-60-54-48-42-36-30-24-18-12-6)96(84-88)104-78-64-58-52-46-40-34-28-22-16-10-4/h67-74,81-84H,7-66,75-80,85-86H2,1-6H3. The summed E-state index contributed by atoms with van der Waals surface area (Å²) in [5.41, 5.74) is 1.81. The molecule has 0 bridgehead atoms. The van der Waals surface area contributed by atoms with Gasteiger partial charge in [0.1, 0.15) is 24.7 Å². The molecule has 11 heteroatoms. The van der Waals surface area contributed by atoms with Crippen molar-refractivity contribution in [1.82, 2.24) is 0 Å². The molecule has 4 aromatic carbocycles. The topological polar surface area (TPSA) is 108 Å². The van der Waals surface area contributed by atoms with Crippen LogP contribution in [0.15, 0.2) is 82.6 Å². The van der Waals surface area contributed by atoms with Crippen molar-refractivity contribution in [2.75, 3.05) is 39.6 Å². The lowest BCUT2D eigenvalue weighted by Crippen LogP contribution is -2.08. The minimum atomic E-state index is -3.87. The van der Waals surface area contributed by atoms with Gasteiger partial charge in [0.15, 0.2) is 23.0 Å². The zero-order valence-corrected chi connectivity index (χ0v) is 72.3. The molecule has 0 aromatic heterocycles. The van der Waals surface area contributed by atoms with E-state index in [1.165, 1.54) is 308 Å². The summed E-state index contributed by atoms with van der Waals surface area (Å²) in [6.07, 6.45) is 75.8. The van der Waals surface area contributed by atoms with Crippen LogP contribution in [0.5, 0.6) is 46.0 Å². The predicted octanol–water partition coefficient (Wildman–Crippen LogP) is 31.5. The van der Waals surface area contributed by atoms with Crippen LogP contribution in [0.3, 0.4) is 0 Å². The molecule has 0 saturated carbocycles. The molecule has 109 heavy (non-hydrogen) atoms. The average Bonchev–Trinajstić information content (AvgIpc) is 0.821. The van der Waals surface area contributed by atoms with Gasteiger partial charge in [-0.25, -0.2) is 8.42 Å². The van der Waals surface area contributed by atoms with Crippen molar-refractivity contribution in [3.05, 3.63) is 83.9 Å². The third kappa shape index (κ3) is 48.8. The largest absolute Gasteiger partial charge is 0.490 e. The van der Waals surface area contributed by atoms with Crippen LogP contribution in [0, 0.1) is 0 Å². The Labute approximate surface area is 671 Å². The third-order valence-electron chi connectivity index (χ3n) is 21.8. The van der Waals surface area contributed by atoms with Crippen molar-refractivity contribution in [2.24, 2.45) is 0 Å². The van der Waals surface area contributed by atoms with Crippen molar-refractivity contribution in [3.8, 4) is 46.0 Å². The number of unbranched alkanes of at least 4 members (excludes halogenated alkanes) is 54. The number of rotatable bonds is 80. The molecule has 0 aliphatic heterocycles. The highest BCUT2D eigenvalue weighted by Crippen LogP contribution is 2.42. The van der Waals surface area contributed by atoms with Gasteiger partial charge in [0, 0.05) is 0 Å². The average molecular weight is 1540 g/mol. The van der Waals surface area contributed by atoms with Gasteiger partial charge in [-0.15, -0.1) is 0 Å². The number of hydrogen-bond acceptors (Lipinski definition) is 10. The van der Waals surface area contributed by atoms with E-state index in [0.29, 0.717) is 85.6 Å². The second-order valence-corrected chi connectivity index (χ2v) is 34.0. The molecule has 0 unspecified atom stereocenters. The summed E-state index contributed by atoms with van der Waals surface area (Å²) in [6, 6.07) is 21.8. The number of sulfone groups is 1. The molecule has 0 aliphatic carbocycles. The molecule has 4 rings (SSSR count). The van der Waals surface area contributed by atoms with E-state index >= 15 is 0 Å². The molecule has 10 nitrogen and oxygen atoms in total. The fourth-order valence-corrected chi connectivity index (χ4v) is 15.9. The lowest BCUT2D eigenvalue weighted by Gasteiger charge is -2.19. The van der Waals surface area contributed by atoms with Gasteiger partial charge in [-0.1, -0.05) is 388 Å². The van der Waals surface area contributed by atoms with Gasteiger partial charge in [-0.05, 0) is 122 Å². The first kappa shape index (κ1) is 96.6. The molecule has 0 radical (unpaired) electrons. The molecule has 0 spiro atoms. The summed E-state index contributed by atoms with van der Waals surface area (Å²) >= 11 is 0. The van der Waals surface area contributed by atoms with Crippen molar-refractivity contribution in [1.29, 1.82) is 0 Å². The Morgan fingerprint density at radius 1 is 0.202 bits per heavy atom. The summed E-state index contributed by atoms with van der Waals surface area (Å²) in [6.45, 7) is 17.8. The van der Waals surface area contributed by atoms with Crippen molar-refractivity contribution >= 4 is 9.84 Å². The highest BCUT2D eigenvalue weighted by atomic mass is 32.2. The highest BCUT2D eigenvalue weighted by molar-refractivity contribution is 7.91. The molecule has 0 heterocycles. The molecule has 4 aromatic rings. The summed E-state index contributed by atoms with van der Waals surface area (Å²) in [4.78, 5) is 0.378. The first-order valence-corrected chi connectivity index (χ1v) is 48.1. The summed E-state index contributed by atoms with van der Waals surface area (Å²) in [5, 5.41) is 0. The van der Waals surface area contributed by atoms with Gasteiger partial charge in [0.25, 0.3) is 0 Å². The van der Waals surface area contributed by atoms with Crippen LogP contribution in [0.4, 0.5) is 0 Å². The Kier molecular flexibility index (Phi) is 61.0. The van der Waals surface area contributed by atoms with Gasteiger partial charge in [0.2, 0.25) is 21.3 Å². The molecule has 0 fully saturated rings. The second-order valence-electron chi connectivity index (χ2n) is 32.0. The lowest BCUT2D eigenvalue weighted by molar-refractivity contribution is 0.232. The lowest BCUT2D eigenvalue weighted by atomic mass is 10.1. The molecule has 0 aliphatic rings. The van der Waals surface area contributed by atoms with Gasteiger partial charge in [-0.2, -0.15) is 0 Å². The Morgan fingerprint density at radius 2 is 0.367 bits per heavy atom. The van der Waals surface area contributed by atoms with Gasteiger partial charge < -0.3 is 37.9 Å². The highest BCUT2D eigenvalue weighted by Gasteiger charge is 2.22. The van der Waals surface area contributed by atoms with E-state index in [0.717, 1.165) is 88.2 Å². The van der Waals surface area contributed by atoms with Crippen LogP contribution in [-0.2, 0) is 23.1 Å².